The minimum Gasteiger partial charge on any atom is -0.497 e. The summed E-state index contributed by atoms with van der Waals surface area (Å²) in [5.41, 5.74) is 3.41. The van der Waals surface area contributed by atoms with E-state index in [1.807, 2.05) is 36.4 Å². The fourth-order valence-electron chi connectivity index (χ4n) is 4.81. The molecule has 0 saturated carbocycles. The maximum atomic E-state index is 14.4. The van der Waals surface area contributed by atoms with Crippen LogP contribution in [0.4, 0.5) is 10.2 Å². The number of ether oxygens (including phenoxy) is 1. The summed E-state index contributed by atoms with van der Waals surface area (Å²) in [6.45, 7) is 6.25. The normalized spacial score (nSPS) is 15.3. The van der Waals surface area contributed by atoms with Crippen LogP contribution in [0.15, 0.2) is 73.1 Å². The van der Waals surface area contributed by atoms with Gasteiger partial charge in [0.05, 0.1) is 29.5 Å². The molecule has 2 aromatic heterocycles. The molecule has 0 spiro atoms. The number of pyridine rings is 1. The van der Waals surface area contributed by atoms with Gasteiger partial charge in [0.1, 0.15) is 23.9 Å². The smallest absolute Gasteiger partial charge is 0.240 e. The highest BCUT2D eigenvalue weighted by Gasteiger charge is 2.40. The predicted molar refractivity (Wildman–Crippen MR) is 158 cm³/mol. The molecule has 1 aliphatic heterocycles. The summed E-state index contributed by atoms with van der Waals surface area (Å²) in [6.07, 6.45) is 3.35. The molecule has 2 aromatic carbocycles. The summed E-state index contributed by atoms with van der Waals surface area (Å²) < 4.78 is 21.5. The van der Waals surface area contributed by atoms with Crippen molar-refractivity contribution in [2.75, 3.05) is 24.3 Å². The molecule has 3 heterocycles. The largest absolute Gasteiger partial charge is 0.497 e. The number of carbonyl (C=O) groups is 2. The van der Waals surface area contributed by atoms with E-state index in [0.717, 1.165) is 22.4 Å². The first-order chi connectivity index (χ1) is 19.7. The number of aromatic nitrogens is 3. The standard InChI is InChI=1S/C31H32FN5O3S/c1-31(2,3)29-27-28(21-8-5-9-22(32)15-21)41-19-26(39)36(18-25(38)34-17-20-7-6-14-33-16-20)30(27)37(35-29)23-10-12-24(40-4)13-11-23/h5-16,28H,17-19H2,1-4H3,(H,34,38). The van der Waals surface area contributed by atoms with Crippen LogP contribution in [-0.2, 0) is 21.5 Å². The molecule has 1 aliphatic rings. The Morgan fingerprint density at radius 2 is 1.93 bits per heavy atom. The molecule has 0 fully saturated rings. The lowest BCUT2D eigenvalue weighted by Crippen LogP contribution is -2.42. The van der Waals surface area contributed by atoms with Crippen LogP contribution in [0, 0.1) is 5.82 Å². The van der Waals surface area contributed by atoms with E-state index in [-0.39, 0.29) is 41.7 Å². The van der Waals surface area contributed by atoms with Crippen molar-refractivity contribution < 1.29 is 18.7 Å². The molecular weight excluding hydrogens is 541 g/mol. The minimum atomic E-state index is -0.421. The van der Waals surface area contributed by atoms with E-state index in [0.29, 0.717) is 17.3 Å². The van der Waals surface area contributed by atoms with Crippen molar-refractivity contribution in [2.45, 2.75) is 38.0 Å². The third-order valence-corrected chi connectivity index (χ3v) is 8.04. The lowest BCUT2D eigenvalue weighted by Gasteiger charge is -2.24. The second-order valence-electron chi connectivity index (χ2n) is 10.8. The van der Waals surface area contributed by atoms with E-state index < -0.39 is 5.41 Å². The van der Waals surface area contributed by atoms with Gasteiger partial charge in [-0.2, -0.15) is 5.10 Å². The second-order valence-corrected chi connectivity index (χ2v) is 11.9. The fourth-order valence-corrected chi connectivity index (χ4v) is 6.00. The lowest BCUT2D eigenvalue weighted by molar-refractivity contribution is -0.123. The topological polar surface area (TPSA) is 89.3 Å². The highest BCUT2D eigenvalue weighted by atomic mass is 32.2. The van der Waals surface area contributed by atoms with Crippen LogP contribution in [0.2, 0.25) is 0 Å². The number of anilines is 1. The number of halogens is 1. The van der Waals surface area contributed by atoms with Gasteiger partial charge in [-0.1, -0.05) is 39.0 Å². The first-order valence-electron chi connectivity index (χ1n) is 13.3. The highest BCUT2D eigenvalue weighted by molar-refractivity contribution is 8.00. The zero-order valence-corrected chi connectivity index (χ0v) is 24.2. The minimum absolute atomic E-state index is 0.109. The van der Waals surface area contributed by atoms with E-state index in [4.69, 9.17) is 9.84 Å². The molecule has 0 bridgehead atoms. The van der Waals surface area contributed by atoms with Crippen LogP contribution in [0.3, 0.4) is 0 Å². The number of rotatable bonds is 7. The van der Waals surface area contributed by atoms with Crippen molar-refractivity contribution in [1.82, 2.24) is 20.1 Å². The maximum Gasteiger partial charge on any atom is 0.240 e. The first kappa shape index (κ1) is 28.4. The molecule has 1 N–H and O–H groups in total. The number of fused-ring (bicyclic) bond motifs is 1. The van der Waals surface area contributed by atoms with Gasteiger partial charge in [0.15, 0.2) is 0 Å². The van der Waals surface area contributed by atoms with Gasteiger partial charge < -0.3 is 10.1 Å². The summed E-state index contributed by atoms with van der Waals surface area (Å²) in [4.78, 5) is 32.6. The van der Waals surface area contributed by atoms with Gasteiger partial charge in [-0.05, 0) is 53.6 Å². The van der Waals surface area contributed by atoms with Gasteiger partial charge in [0.25, 0.3) is 0 Å². The number of hydrogen-bond donors (Lipinski definition) is 1. The van der Waals surface area contributed by atoms with Crippen molar-refractivity contribution in [3.05, 3.63) is 101 Å². The molecule has 41 heavy (non-hydrogen) atoms. The second kappa shape index (κ2) is 11.7. The molecule has 5 rings (SSSR count). The summed E-state index contributed by atoms with van der Waals surface area (Å²) in [6, 6.07) is 17.5. The lowest BCUT2D eigenvalue weighted by atomic mass is 9.87. The molecule has 0 saturated heterocycles. The number of thioether (sulfide) groups is 1. The van der Waals surface area contributed by atoms with Gasteiger partial charge in [-0.3, -0.25) is 19.5 Å². The Morgan fingerprint density at radius 1 is 1.15 bits per heavy atom. The molecule has 0 aliphatic carbocycles. The molecule has 1 unspecified atom stereocenters. The average Bonchev–Trinajstić information content (AvgIpc) is 3.30. The zero-order valence-electron chi connectivity index (χ0n) is 23.4. The van der Waals surface area contributed by atoms with E-state index in [2.05, 4.69) is 31.1 Å². The van der Waals surface area contributed by atoms with Gasteiger partial charge in [-0.15, -0.1) is 11.8 Å². The van der Waals surface area contributed by atoms with Crippen LogP contribution in [0.1, 0.15) is 48.4 Å². The third kappa shape index (κ3) is 6.12. The van der Waals surface area contributed by atoms with Crippen molar-refractivity contribution in [3.63, 3.8) is 0 Å². The van der Waals surface area contributed by atoms with Crippen LogP contribution < -0.4 is 15.0 Å². The molecule has 0 radical (unpaired) electrons. The van der Waals surface area contributed by atoms with Crippen LogP contribution >= 0.6 is 11.8 Å². The quantitative estimate of drug-likeness (QED) is 0.327. The maximum absolute atomic E-state index is 14.4. The number of methoxy groups -OCH3 is 1. The molecule has 1 atom stereocenters. The number of nitrogens with one attached hydrogen (secondary N) is 1. The van der Waals surface area contributed by atoms with Gasteiger partial charge >= 0.3 is 0 Å². The van der Waals surface area contributed by atoms with Crippen molar-refractivity contribution in [1.29, 1.82) is 0 Å². The third-order valence-electron chi connectivity index (χ3n) is 6.78. The summed E-state index contributed by atoms with van der Waals surface area (Å²) in [5.74, 6) is 0.383. The van der Waals surface area contributed by atoms with E-state index in [1.165, 1.54) is 28.8 Å². The SMILES string of the molecule is COc1ccc(-n2nc(C(C)(C)C)c3c2N(CC(=O)NCc2cccnc2)C(=O)CSC3c2cccc(F)c2)cc1. The van der Waals surface area contributed by atoms with E-state index in [9.17, 15) is 14.0 Å². The summed E-state index contributed by atoms with van der Waals surface area (Å²) in [7, 11) is 1.60. The molecule has 10 heteroatoms. The fraction of sp³-hybridized carbons (Fsp3) is 0.290. The van der Waals surface area contributed by atoms with Crippen molar-refractivity contribution in [3.8, 4) is 11.4 Å². The Bertz CT molecular complexity index is 1550. The Kier molecular flexibility index (Phi) is 8.12. The Labute approximate surface area is 242 Å². The Hall–Kier alpha value is -4.18. The molecular formula is C31H32FN5O3S. The number of carbonyl (C=O) groups excluding carboxylic acids is 2. The molecule has 8 nitrogen and oxygen atoms in total. The summed E-state index contributed by atoms with van der Waals surface area (Å²) >= 11 is 1.41. The first-order valence-corrected chi connectivity index (χ1v) is 14.3. The van der Waals surface area contributed by atoms with Gasteiger partial charge in [-0.25, -0.2) is 9.07 Å². The van der Waals surface area contributed by atoms with Crippen LogP contribution in [-0.4, -0.2) is 46.0 Å². The van der Waals surface area contributed by atoms with E-state index in [1.54, 1.807) is 36.3 Å². The average molecular weight is 574 g/mol. The number of nitrogens with zero attached hydrogens (tertiary/aromatic N) is 4. The van der Waals surface area contributed by atoms with E-state index >= 15 is 0 Å². The van der Waals surface area contributed by atoms with Crippen molar-refractivity contribution >= 4 is 29.4 Å². The van der Waals surface area contributed by atoms with Gasteiger partial charge in [0.2, 0.25) is 11.8 Å². The zero-order chi connectivity index (χ0) is 29.1. The number of benzene rings is 2. The Balaban J connectivity index is 1.65. The Morgan fingerprint density at radius 3 is 2.59 bits per heavy atom. The van der Waals surface area contributed by atoms with Crippen LogP contribution in [0.5, 0.6) is 5.75 Å². The monoisotopic (exact) mass is 573 g/mol. The summed E-state index contributed by atoms with van der Waals surface area (Å²) in [5, 5.41) is 7.57. The number of hydrogen-bond acceptors (Lipinski definition) is 6. The predicted octanol–water partition coefficient (Wildman–Crippen LogP) is 5.20. The van der Waals surface area contributed by atoms with Gasteiger partial charge in [0, 0.05) is 29.9 Å². The van der Waals surface area contributed by atoms with Crippen molar-refractivity contribution in [2.24, 2.45) is 0 Å². The molecule has 4 aromatic rings. The molecule has 2 amide bonds. The molecule has 212 valence electrons. The number of amides is 2. The van der Waals surface area contributed by atoms with Crippen LogP contribution in [0.25, 0.3) is 5.69 Å². The highest BCUT2D eigenvalue weighted by Crippen LogP contribution is 2.48.